The summed E-state index contributed by atoms with van der Waals surface area (Å²) in [6.07, 6.45) is 1.41. The van der Waals surface area contributed by atoms with Gasteiger partial charge in [-0.2, -0.15) is 0 Å². The van der Waals surface area contributed by atoms with Gasteiger partial charge in [-0.05, 0) is 66.8 Å². The highest BCUT2D eigenvalue weighted by Gasteiger charge is 2.12. The van der Waals surface area contributed by atoms with Gasteiger partial charge >= 0.3 is 0 Å². The average Bonchev–Trinajstić information content (AvgIpc) is 3.19. The smallest absolute Gasteiger partial charge is 0.291 e. The van der Waals surface area contributed by atoms with Crippen molar-refractivity contribution in [1.82, 2.24) is 5.32 Å². The van der Waals surface area contributed by atoms with E-state index in [1.807, 2.05) is 0 Å². The number of anilines is 2. The van der Waals surface area contributed by atoms with Crippen molar-refractivity contribution in [2.75, 3.05) is 10.6 Å². The lowest BCUT2D eigenvalue weighted by molar-refractivity contribution is 0.0975. The van der Waals surface area contributed by atoms with Crippen molar-refractivity contribution >= 4 is 68.1 Å². The fourth-order valence-corrected chi connectivity index (χ4v) is 2.93. The molecular weight excluding hydrogens is 466 g/mol. The molecule has 28 heavy (non-hydrogen) atoms. The van der Waals surface area contributed by atoms with Crippen LogP contribution in [0.25, 0.3) is 0 Å². The Balaban J connectivity index is 1.60. The van der Waals surface area contributed by atoms with E-state index in [2.05, 4.69) is 31.9 Å². The maximum absolute atomic E-state index is 12.2. The largest absolute Gasteiger partial charge is 0.459 e. The van der Waals surface area contributed by atoms with Gasteiger partial charge in [0.05, 0.1) is 17.0 Å². The predicted molar refractivity (Wildman–Crippen MR) is 116 cm³/mol. The van der Waals surface area contributed by atoms with Crippen molar-refractivity contribution in [1.29, 1.82) is 0 Å². The number of rotatable bonds is 4. The molecule has 142 valence electrons. The highest BCUT2D eigenvalue weighted by molar-refractivity contribution is 9.10. The van der Waals surface area contributed by atoms with Crippen molar-refractivity contribution in [3.8, 4) is 0 Å². The Morgan fingerprint density at radius 1 is 1.00 bits per heavy atom. The number of carbonyl (C=O) groups excluding carboxylic acids is 2. The second kappa shape index (κ2) is 9.01. The molecule has 0 aliphatic heterocycles. The summed E-state index contributed by atoms with van der Waals surface area (Å²) in [5.41, 5.74) is 1.45. The van der Waals surface area contributed by atoms with Crippen LogP contribution >= 0.6 is 39.7 Å². The Hall–Kier alpha value is -2.68. The lowest BCUT2D eigenvalue weighted by Crippen LogP contribution is -2.34. The molecular formula is C19H13BrClN3O3S. The van der Waals surface area contributed by atoms with Crippen LogP contribution in [0.3, 0.4) is 0 Å². The highest BCUT2D eigenvalue weighted by atomic mass is 79.9. The monoisotopic (exact) mass is 477 g/mol. The van der Waals surface area contributed by atoms with Crippen LogP contribution in [-0.2, 0) is 0 Å². The molecule has 0 bridgehead atoms. The Labute approximate surface area is 179 Å². The molecule has 0 saturated carbocycles. The summed E-state index contributed by atoms with van der Waals surface area (Å²) in [5.74, 6) is -0.571. The zero-order chi connectivity index (χ0) is 20.1. The van der Waals surface area contributed by atoms with Crippen LogP contribution in [0.4, 0.5) is 11.4 Å². The molecule has 0 fully saturated rings. The molecule has 2 amide bonds. The molecule has 6 nitrogen and oxygen atoms in total. The van der Waals surface area contributed by atoms with Gasteiger partial charge in [0.1, 0.15) is 0 Å². The Morgan fingerprint density at radius 3 is 2.39 bits per heavy atom. The average molecular weight is 479 g/mol. The summed E-state index contributed by atoms with van der Waals surface area (Å²) >= 11 is 14.7. The molecule has 0 spiro atoms. The Bertz CT molecular complexity index is 1020. The number of hydrogen-bond donors (Lipinski definition) is 3. The lowest BCUT2D eigenvalue weighted by Gasteiger charge is -2.12. The Kier molecular flexibility index (Phi) is 6.45. The highest BCUT2D eigenvalue weighted by Crippen LogP contribution is 2.26. The van der Waals surface area contributed by atoms with E-state index in [4.69, 9.17) is 28.2 Å². The molecule has 2 aromatic carbocycles. The summed E-state index contributed by atoms with van der Waals surface area (Å²) in [6, 6.07) is 14.9. The maximum atomic E-state index is 12.2. The number of benzene rings is 2. The summed E-state index contributed by atoms with van der Waals surface area (Å²) in [6.45, 7) is 0. The number of halogens is 2. The molecule has 0 aliphatic carbocycles. The molecule has 9 heteroatoms. The van der Waals surface area contributed by atoms with Gasteiger partial charge in [0.25, 0.3) is 11.8 Å². The van der Waals surface area contributed by atoms with Crippen molar-refractivity contribution in [2.45, 2.75) is 0 Å². The molecule has 3 aromatic rings. The SMILES string of the molecule is O=C(NC(=S)Nc1ccc(NC(=O)c2ccco2)c(Cl)c1)c1ccc(Br)cc1. The number of furan rings is 1. The molecule has 3 rings (SSSR count). The predicted octanol–water partition coefficient (Wildman–Crippen LogP) is 5.07. The summed E-state index contributed by atoms with van der Waals surface area (Å²) < 4.78 is 5.91. The molecule has 3 N–H and O–H groups in total. The maximum Gasteiger partial charge on any atom is 0.291 e. The first kappa shape index (κ1) is 20.1. The minimum Gasteiger partial charge on any atom is -0.459 e. The zero-order valence-corrected chi connectivity index (χ0v) is 17.3. The standard InChI is InChI=1S/C19H13BrClN3O3S/c20-12-5-3-11(4-6-12)17(25)24-19(28)22-13-7-8-15(14(21)10-13)23-18(26)16-2-1-9-27-16/h1-10H,(H,23,26)(H2,22,24,25,28). The van der Waals surface area contributed by atoms with E-state index in [9.17, 15) is 9.59 Å². The van der Waals surface area contributed by atoms with Crippen molar-refractivity contribution in [3.05, 3.63) is 81.7 Å². The third-order valence-electron chi connectivity index (χ3n) is 3.55. The number of thiocarbonyl (C=S) groups is 1. The fourth-order valence-electron chi connectivity index (χ4n) is 2.22. The van der Waals surface area contributed by atoms with Gasteiger partial charge in [0, 0.05) is 15.7 Å². The lowest BCUT2D eigenvalue weighted by atomic mass is 10.2. The van der Waals surface area contributed by atoms with Gasteiger partial charge in [-0.15, -0.1) is 0 Å². The topological polar surface area (TPSA) is 83.4 Å². The van der Waals surface area contributed by atoms with E-state index in [0.717, 1.165) is 4.47 Å². The van der Waals surface area contributed by atoms with E-state index >= 15 is 0 Å². The van der Waals surface area contributed by atoms with Crippen LogP contribution in [0.2, 0.25) is 5.02 Å². The first-order valence-electron chi connectivity index (χ1n) is 7.94. The second-order valence-corrected chi connectivity index (χ2v) is 7.27. The summed E-state index contributed by atoms with van der Waals surface area (Å²) in [7, 11) is 0. The number of carbonyl (C=O) groups is 2. The normalized spacial score (nSPS) is 10.2. The van der Waals surface area contributed by atoms with Gasteiger partial charge in [-0.25, -0.2) is 0 Å². The molecule has 1 heterocycles. The third-order valence-corrected chi connectivity index (χ3v) is 4.60. The van der Waals surface area contributed by atoms with Crippen LogP contribution in [-0.4, -0.2) is 16.9 Å². The van der Waals surface area contributed by atoms with Gasteiger partial charge in [-0.1, -0.05) is 27.5 Å². The van der Waals surface area contributed by atoms with Gasteiger partial charge in [-0.3, -0.25) is 14.9 Å². The fraction of sp³-hybridized carbons (Fsp3) is 0. The molecule has 0 radical (unpaired) electrons. The van der Waals surface area contributed by atoms with E-state index in [0.29, 0.717) is 22.0 Å². The van der Waals surface area contributed by atoms with Crippen molar-refractivity contribution in [2.24, 2.45) is 0 Å². The molecule has 0 saturated heterocycles. The number of amides is 2. The van der Waals surface area contributed by atoms with Crippen LogP contribution in [0, 0.1) is 0 Å². The third kappa shape index (κ3) is 5.19. The molecule has 0 unspecified atom stereocenters. The van der Waals surface area contributed by atoms with Crippen LogP contribution in [0.15, 0.2) is 69.8 Å². The van der Waals surface area contributed by atoms with Gasteiger partial charge < -0.3 is 15.1 Å². The molecule has 1 aromatic heterocycles. The first-order chi connectivity index (χ1) is 13.4. The molecule has 0 atom stereocenters. The van der Waals surface area contributed by atoms with Crippen molar-refractivity contribution in [3.63, 3.8) is 0 Å². The zero-order valence-electron chi connectivity index (χ0n) is 14.2. The van der Waals surface area contributed by atoms with Crippen LogP contribution in [0.1, 0.15) is 20.9 Å². The van der Waals surface area contributed by atoms with E-state index in [-0.39, 0.29) is 16.8 Å². The minimum atomic E-state index is -0.412. The quantitative estimate of drug-likeness (QED) is 0.456. The minimum absolute atomic E-state index is 0.122. The first-order valence-corrected chi connectivity index (χ1v) is 9.52. The van der Waals surface area contributed by atoms with E-state index in [1.54, 1.807) is 54.6 Å². The summed E-state index contributed by atoms with van der Waals surface area (Å²) in [5, 5.41) is 8.54. The number of nitrogens with one attached hydrogen (secondary N) is 3. The summed E-state index contributed by atoms with van der Waals surface area (Å²) in [4.78, 5) is 24.2. The van der Waals surface area contributed by atoms with Crippen LogP contribution < -0.4 is 16.0 Å². The van der Waals surface area contributed by atoms with Crippen LogP contribution in [0.5, 0.6) is 0 Å². The van der Waals surface area contributed by atoms with Crippen molar-refractivity contribution < 1.29 is 14.0 Å². The van der Waals surface area contributed by atoms with Gasteiger partial charge in [0.2, 0.25) is 0 Å². The second-order valence-electron chi connectivity index (χ2n) is 5.54. The van der Waals surface area contributed by atoms with E-state index < -0.39 is 5.91 Å². The molecule has 0 aliphatic rings. The Morgan fingerprint density at radius 2 is 1.75 bits per heavy atom. The van der Waals surface area contributed by atoms with E-state index in [1.165, 1.54) is 6.26 Å². The number of hydrogen-bond acceptors (Lipinski definition) is 4. The van der Waals surface area contributed by atoms with Gasteiger partial charge in [0.15, 0.2) is 10.9 Å².